The quantitative estimate of drug-likeness (QED) is 0.144. The van der Waals surface area contributed by atoms with Gasteiger partial charge >= 0.3 is 18.4 Å². The molecule has 0 bridgehead atoms. The van der Waals surface area contributed by atoms with Gasteiger partial charge in [0.1, 0.15) is 25.1 Å². The second-order valence-corrected chi connectivity index (χ2v) is 15.4. The van der Waals surface area contributed by atoms with Crippen LogP contribution in [0.1, 0.15) is 80.6 Å². The maximum atomic E-state index is 15.3. The molecule has 2 aliphatic rings. The number of carbonyl (C=O) groups is 3. The predicted octanol–water partition coefficient (Wildman–Crippen LogP) is 8.05. The van der Waals surface area contributed by atoms with Crippen LogP contribution in [-0.2, 0) is 26.4 Å². The summed E-state index contributed by atoms with van der Waals surface area (Å²) in [5.41, 5.74) is -3.82. The average molecular weight is 827 g/mol. The monoisotopic (exact) mass is 826 g/mol. The smallest absolute Gasteiger partial charge is 0.414 e. The molecule has 3 aromatic carbocycles. The number of ether oxygens (including phenoxy) is 2. The summed E-state index contributed by atoms with van der Waals surface area (Å²) in [4.78, 5) is 51.3. The fraction of sp³-hybridized carbons (Fsp3) is 0.359. The van der Waals surface area contributed by atoms with E-state index in [1.165, 1.54) is 42.5 Å². The lowest BCUT2D eigenvalue weighted by molar-refractivity contribution is -0.164. The second-order valence-electron chi connectivity index (χ2n) is 14.9. The van der Waals surface area contributed by atoms with Crippen LogP contribution in [0.3, 0.4) is 0 Å². The molecular weight excluding hydrogens is 791 g/mol. The van der Waals surface area contributed by atoms with Crippen molar-refractivity contribution < 1.29 is 45.8 Å². The van der Waals surface area contributed by atoms with E-state index in [9.17, 15) is 36.8 Å². The van der Waals surface area contributed by atoms with Gasteiger partial charge in [0.15, 0.2) is 11.4 Å². The number of nitrogens with one attached hydrogen (secondary N) is 2. The highest BCUT2D eigenvalue weighted by molar-refractivity contribution is 6.32. The van der Waals surface area contributed by atoms with Crippen LogP contribution in [0, 0.1) is 16.7 Å². The van der Waals surface area contributed by atoms with Gasteiger partial charge in [0, 0.05) is 0 Å². The highest BCUT2D eigenvalue weighted by Crippen LogP contribution is 2.49. The Labute approximate surface area is 333 Å². The minimum atomic E-state index is -4.78. The van der Waals surface area contributed by atoms with Gasteiger partial charge in [-0.25, -0.2) is 33.0 Å². The van der Waals surface area contributed by atoms with Gasteiger partial charge in [0.2, 0.25) is 5.96 Å². The van der Waals surface area contributed by atoms with E-state index in [1.54, 1.807) is 30.3 Å². The molecule has 2 heterocycles. The number of guanidine groups is 1. The zero-order valence-electron chi connectivity index (χ0n) is 31.2. The van der Waals surface area contributed by atoms with Crippen molar-refractivity contribution in [2.75, 3.05) is 6.61 Å². The lowest BCUT2D eigenvalue weighted by atomic mass is 9.75. The van der Waals surface area contributed by atoms with Crippen LogP contribution in [-0.4, -0.2) is 62.0 Å². The third-order valence-electron chi connectivity index (χ3n) is 9.47. The van der Waals surface area contributed by atoms with Crippen LogP contribution < -0.4 is 10.6 Å². The molecule has 2 atom stereocenters. The molecule has 1 fully saturated rings. The molecule has 13 nitrogen and oxygen atoms in total. The average Bonchev–Trinajstić information content (AvgIpc) is 3.71. The number of carbonyl (C=O) groups excluding carboxylic acids is 3. The van der Waals surface area contributed by atoms with E-state index < -0.39 is 71.6 Å². The van der Waals surface area contributed by atoms with Gasteiger partial charge in [-0.1, -0.05) is 80.9 Å². The molecular formula is C39H36ClF5N8O5. The summed E-state index contributed by atoms with van der Waals surface area (Å²) in [6.07, 6.45) is -10.3. The number of halogens is 6. The molecule has 0 radical (unpaired) electrons. The zero-order chi connectivity index (χ0) is 42.0. The number of rotatable bonds is 11. The number of nitrogens with zero attached hydrogens (tertiary/aromatic N) is 6. The van der Waals surface area contributed by atoms with Crippen molar-refractivity contribution in [3.8, 4) is 11.8 Å². The number of hydrogen-bond acceptors (Lipinski definition) is 9. The van der Waals surface area contributed by atoms with Gasteiger partial charge in [0.05, 0.1) is 28.4 Å². The Morgan fingerprint density at radius 1 is 1.00 bits per heavy atom. The van der Waals surface area contributed by atoms with E-state index in [1.807, 2.05) is 32.2 Å². The maximum Gasteiger partial charge on any atom is 0.414 e. The summed E-state index contributed by atoms with van der Waals surface area (Å²) in [7, 11) is 0. The Morgan fingerprint density at radius 2 is 1.69 bits per heavy atom. The Hall–Kier alpha value is -6.09. The van der Waals surface area contributed by atoms with Gasteiger partial charge in [-0.2, -0.15) is 23.5 Å². The number of amides is 3. The van der Waals surface area contributed by atoms with Crippen molar-refractivity contribution in [2.24, 2.45) is 10.4 Å². The summed E-state index contributed by atoms with van der Waals surface area (Å²) in [5.74, 6) is -1.95. The van der Waals surface area contributed by atoms with E-state index in [-0.39, 0.29) is 47.7 Å². The van der Waals surface area contributed by atoms with Crippen LogP contribution >= 0.6 is 11.6 Å². The summed E-state index contributed by atoms with van der Waals surface area (Å²) in [6, 6.07) is 19.1. The maximum absolute atomic E-state index is 15.3. The van der Waals surface area contributed by atoms with Crippen LogP contribution in [0.25, 0.3) is 5.69 Å². The first-order valence-electron chi connectivity index (χ1n) is 17.8. The summed E-state index contributed by atoms with van der Waals surface area (Å²) >= 11 is 6.48. The van der Waals surface area contributed by atoms with E-state index in [0.717, 1.165) is 15.9 Å². The molecule has 1 saturated carbocycles. The molecule has 2 N–H and O–H groups in total. The Kier molecular flexibility index (Phi) is 11.5. The first kappa shape index (κ1) is 41.5. The standard InChI is InChI=1S/C39H36ClF5N8O5/c1-36(2,3)21-38(26-12-9-23(18-46)10-13-26)32(54)52(33(50-38)49-34(55)57-19-24-7-5-4-6-8-24)29(20-58-35(56)51-37(15-16-37)39(43,44)45)25-11-14-27(40)28(17-25)53-31(30(41)42)47-22-48-53/h4-14,17,22,29-30H,15-16,19-21H2,1-3H3,(H,51,56)(H,49,50,55)/t29-,38-/m1/s1. The summed E-state index contributed by atoms with van der Waals surface area (Å²) in [6.45, 7) is 4.50. The molecule has 1 aliphatic heterocycles. The van der Waals surface area contributed by atoms with Gasteiger partial charge < -0.3 is 14.8 Å². The van der Waals surface area contributed by atoms with Crippen LogP contribution in [0.2, 0.25) is 5.02 Å². The number of aromatic nitrogens is 3. The minimum Gasteiger partial charge on any atom is -0.447 e. The zero-order valence-corrected chi connectivity index (χ0v) is 31.9. The topological polar surface area (TPSA) is 164 Å². The van der Waals surface area contributed by atoms with E-state index >= 15 is 4.79 Å². The largest absolute Gasteiger partial charge is 0.447 e. The number of aliphatic imine (C=N–C) groups is 1. The predicted molar refractivity (Wildman–Crippen MR) is 198 cm³/mol. The molecule has 0 unspecified atom stereocenters. The first-order chi connectivity index (χ1) is 27.4. The first-order valence-corrected chi connectivity index (χ1v) is 18.2. The molecule has 1 aliphatic carbocycles. The minimum absolute atomic E-state index is 0.0101. The van der Waals surface area contributed by atoms with Gasteiger partial charge in [-0.3, -0.25) is 15.0 Å². The van der Waals surface area contributed by atoms with Crippen molar-refractivity contribution >= 4 is 35.7 Å². The Balaban J connectivity index is 1.48. The molecule has 0 spiro atoms. The normalized spacial score (nSPS) is 18.0. The Morgan fingerprint density at radius 3 is 2.29 bits per heavy atom. The Bertz CT molecular complexity index is 2250. The number of benzene rings is 3. The van der Waals surface area contributed by atoms with Crippen molar-refractivity contribution in [1.82, 2.24) is 30.3 Å². The van der Waals surface area contributed by atoms with Crippen molar-refractivity contribution in [3.05, 3.63) is 112 Å². The third kappa shape index (κ3) is 8.74. The van der Waals surface area contributed by atoms with E-state index in [2.05, 4.69) is 15.4 Å². The van der Waals surface area contributed by atoms with Gasteiger partial charge in [-0.05, 0) is 65.6 Å². The molecule has 58 heavy (non-hydrogen) atoms. The van der Waals surface area contributed by atoms with Crippen molar-refractivity contribution in [2.45, 2.75) is 76.4 Å². The number of alkyl carbamates (subject to hydrolysis) is 2. The molecule has 3 amide bonds. The third-order valence-corrected chi connectivity index (χ3v) is 9.79. The van der Waals surface area contributed by atoms with E-state index in [0.29, 0.717) is 11.1 Å². The lowest BCUT2D eigenvalue weighted by Gasteiger charge is -2.35. The number of hydrogen-bond donors (Lipinski definition) is 2. The highest BCUT2D eigenvalue weighted by atomic mass is 35.5. The molecule has 19 heteroatoms. The second kappa shape index (κ2) is 16.0. The number of nitriles is 1. The van der Waals surface area contributed by atoms with Crippen LogP contribution in [0.4, 0.5) is 31.5 Å². The van der Waals surface area contributed by atoms with E-state index in [4.69, 9.17) is 26.1 Å². The van der Waals surface area contributed by atoms with Crippen LogP contribution in [0.5, 0.6) is 0 Å². The summed E-state index contributed by atoms with van der Waals surface area (Å²) < 4.78 is 81.0. The summed E-state index contributed by atoms with van der Waals surface area (Å²) in [5, 5.41) is 17.7. The molecule has 1 aromatic heterocycles. The number of alkyl halides is 5. The molecule has 304 valence electrons. The van der Waals surface area contributed by atoms with Crippen molar-refractivity contribution in [1.29, 1.82) is 5.26 Å². The van der Waals surface area contributed by atoms with Crippen LogP contribution in [0.15, 0.2) is 84.1 Å². The SMILES string of the molecule is CC(C)(C)C[C@]1(c2ccc(C#N)cc2)N=C(NC(=O)OCc2ccccc2)N([C@H](COC(=O)NC2(C(F)(F)F)CC2)c2ccc(Cl)c(-n3ncnc3C(F)F)c2)C1=O. The van der Waals surface area contributed by atoms with Crippen molar-refractivity contribution in [3.63, 3.8) is 0 Å². The van der Waals surface area contributed by atoms with Gasteiger partial charge in [-0.15, -0.1) is 0 Å². The highest BCUT2D eigenvalue weighted by Gasteiger charge is 2.64. The molecule has 6 rings (SSSR count). The fourth-order valence-corrected chi connectivity index (χ4v) is 6.79. The van der Waals surface area contributed by atoms with Gasteiger partial charge in [0.25, 0.3) is 12.3 Å². The molecule has 4 aromatic rings. The molecule has 0 saturated heterocycles. The fourth-order valence-electron chi connectivity index (χ4n) is 6.59. The lowest BCUT2D eigenvalue weighted by Crippen LogP contribution is -2.51.